The number of esters is 1. The summed E-state index contributed by atoms with van der Waals surface area (Å²) in [5, 5.41) is 0. The number of carbonyl (C=O) groups is 2. The lowest BCUT2D eigenvalue weighted by molar-refractivity contribution is -0.140. The molecule has 0 saturated heterocycles. The van der Waals surface area contributed by atoms with Crippen LogP contribution in [0.2, 0.25) is 0 Å². The Bertz CT molecular complexity index is 888. The fraction of sp³-hybridized carbons (Fsp3) is 0.417. The maximum absolute atomic E-state index is 13.0. The van der Waals surface area contributed by atoms with Crippen LogP contribution in [0.5, 0.6) is 5.75 Å². The molecule has 7 nitrogen and oxygen atoms in total. The number of carbonyl (C=O) groups excluding carboxylic acids is 2. The summed E-state index contributed by atoms with van der Waals surface area (Å²) >= 11 is 0. The molecule has 0 spiro atoms. The van der Waals surface area contributed by atoms with Crippen LogP contribution in [0.25, 0.3) is 0 Å². The van der Waals surface area contributed by atoms with Crippen molar-refractivity contribution in [2.75, 3.05) is 19.1 Å². The third-order valence-electron chi connectivity index (χ3n) is 4.66. The number of nitrogens with two attached hydrogens (primary N) is 1. The molecule has 2 aromatic rings. The predicted molar refractivity (Wildman–Crippen MR) is 120 cm³/mol. The standard InChI is InChI=1S/C24H32N2O5/c1-24(2,3)31-23(28)26(16-17-6-11-21(29-4)12-7-17)20-10-8-18(19(14-20)15-25)9-13-22(27)30-5/h6-8,10-12,14H,9,13,15-16,25H2,1-5H3. The first-order valence-corrected chi connectivity index (χ1v) is 10.2. The first kappa shape index (κ1) is 24.2. The number of ether oxygens (including phenoxy) is 3. The quantitative estimate of drug-likeness (QED) is 0.634. The van der Waals surface area contributed by atoms with E-state index in [9.17, 15) is 9.59 Å². The molecule has 168 valence electrons. The normalized spacial score (nSPS) is 11.0. The van der Waals surface area contributed by atoms with E-state index in [0.29, 0.717) is 18.7 Å². The Labute approximate surface area is 184 Å². The van der Waals surface area contributed by atoms with Crippen molar-refractivity contribution < 1.29 is 23.8 Å². The van der Waals surface area contributed by atoms with Crippen LogP contribution in [0.4, 0.5) is 10.5 Å². The SMILES string of the molecule is COC(=O)CCc1ccc(N(Cc2ccc(OC)cc2)C(=O)OC(C)(C)C)cc1CN. The average molecular weight is 429 g/mol. The van der Waals surface area contributed by atoms with Gasteiger partial charge in [0.1, 0.15) is 11.4 Å². The van der Waals surface area contributed by atoms with Crippen LogP contribution in [-0.4, -0.2) is 31.9 Å². The van der Waals surface area contributed by atoms with Crippen molar-refractivity contribution >= 4 is 17.7 Å². The van der Waals surface area contributed by atoms with Gasteiger partial charge in [-0.1, -0.05) is 18.2 Å². The largest absolute Gasteiger partial charge is 0.497 e. The van der Waals surface area contributed by atoms with Crippen LogP contribution < -0.4 is 15.4 Å². The van der Waals surface area contributed by atoms with E-state index >= 15 is 0 Å². The summed E-state index contributed by atoms with van der Waals surface area (Å²) in [6, 6.07) is 13.1. The number of rotatable bonds is 8. The molecular weight excluding hydrogens is 396 g/mol. The second kappa shape index (κ2) is 10.8. The third-order valence-corrected chi connectivity index (χ3v) is 4.66. The smallest absolute Gasteiger partial charge is 0.415 e. The number of amides is 1. The van der Waals surface area contributed by atoms with Crippen molar-refractivity contribution in [1.82, 2.24) is 0 Å². The second-order valence-electron chi connectivity index (χ2n) is 8.15. The Morgan fingerprint density at radius 1 is 1.00 bits per heavy atom. The number of methoxy groups -OCH3 is 2. The van der Waals surface area contributed by atoms with Gasteiger partial charge in [-0.2, -0.15) is 0 Å². The van der Waals surface area contributed by atoms with E-state index in [-0.39, 0.29) is 18.9 Å². The van der Waals surface area contributed by atoms with Gasteiger partial charge in [0.15, 0.2) is 0 Å². The van der Waals surface area contributed by atoms with E-state index in [4.69, 9.17) is 19.9 Å². The molecule has 0 aliphatic carbocycles. The zero-order valence-corrected chi connectivity index (χ0v) is 18.9. The molecule has 0 aliphatic rings. The first-order valence-electron chi connectivity index (χ1n) is 10.2. The lowest BCUT2D eigenvalue weighted by Gasteiger charge is -2.28. The van der Waals surface area contributed by atoms with E-state index in [0.717, 1.165) is 22.4 Å². The Morgan fingerprint density at radius 2 is 1.68 bits per heavy atom. The average Bonchev–Trinajstić information content (AvgIpc) is 2.74. The summed E-state index contributed by atoms with van der Waals surface area (Å²) in [6.07, 6.45) is 0.336. The van der Waals surface area contributed by atoms with Gasteiger partial charge in [-0.3, -0.25) is 9.69 Å². The maximum Gasteiger partial charge on any atom is 0.415 e. The molecule has 0 unspecified atom stereocenters. The summed E-state index contributed by atoms with van der Waals surface area (Å²) in [4.78, 5) is 26.1. The molecule has 0 aliphatic heterocycles. The molecule has 0 aromatic heterocycles. The van der Waals surface area contributed by atoms with Crippen molar-refractivity contribution in [3.8, 4) is 5.75 Å². The highest BCUT2D eigenvalue weighted by molar-refractivity contribution is 5.88. The summed E-state index contributed by atoms with van der Waals surface area (Å²) < 4.78 is 15.6. The minimum Gasteiger partial charge on any atom is -0.497 e. The van der Waals surface area contributed by atoms with Crippen molar-refractivity contribution in [1.29, 1.82) is 0 Å². The highest BCUT2D eigenvalue weighted by atomic mass is 16.6. The third kappa shape index (κ3) is 7.29. The van der Waals surface area contributed by atoms with Gasteiger partial charge in [-0.05, 0) is 68.1 Å². The maximum atomic E-state index is 13.0. The number of benzene rings is 2. The lowest BCUT2D eigenvalue weighted by Crippen LogP contribution is -2.36. The van der Waals surface area contributed by atoms with Crippen molar-refractivity contribution in [2.45, 2.75) is 52.3 Å². The van der Waals surface area contributed by atoms with Crippen LogP contribution in [0.3, 0.4) is 0 Å². The Balaban J connectivity index is 2.34. The summed E-state index contributed by atoms with van der Waals surface area (Å²) in [5.74, 6) is 0.467. The van der Waals surface area contributed by atoms with Crippen LogP contribution in [-0.2, 0) is 33.8 Å². The van der Waals surface area contributed by atoms with Gasteiger partial charge in [-0.25, -0.2) is 4.79 Å². The molecule has 7 heteroatoms. The first-order chi connectivity index (χ1) is 14.7. The highest BCUT2D eigenvalue weighted by Crippen LogP contribution is 2.25. The lowest BCUT2D eigenvalue weighted by atomic mass is 10.0. The van der Waals surface area contributed by atoms with Crippen molar-refractivity contribution in [2.24, 2.45) is 5.73 Å². The van der Waals surface area contributed by atoms with Crippen molar-refractivity contribution in [3.63, 3.8) is 0 Å². The van der Waals surface area contributed by atoms with Gasteiger partial charge in [0.05, 0.1) is 20.8 Å². The molecule has 0 saturated carbocycles. The van der Waals surface area contributed by atoms with Gasteiger partial charge in [0.25, 0.3) is 0 Å². The summed E-state index contributed by atoms with van der Waals surface area (Å²) in [6.45, 7) is 6.10. The topological polar surface area (TPSA) is 91.1 Å². The molecule has 0 bridgehead atoms. The molecule has 2 N–H and O–H groups in total. The van der Waals surface area contributed by atoms with E-state index in [1.807, 2.05) is 63.2 Å². The minimum absolute atomic E-state index is 0.268. The fourth-order valence-electron chi connectivity index (χ4n) is 3.04. The van der Waals surface area contributed by atoms with Gasteiger partial charge in [0, 0.05) is 18.7 Å². The fourth-order valence-corrected chi connectivity index (χ4v) is 3.04. The highest BCUT2D eigenvalue weighted by Gasteiger charge is 2.24. The molecule has 0 heterocycles. The zero-order valence-electron chi connectivity index (χ0n) is 18.9. The van der Waals surface area contributed by atoms with Crippen molar-refractivity contribution in [3.05, 3.63) is 59.2 Å². The summed E-state index contributed by atoms with van der Waals surface area (Å²) in [7, 11) is 2.98. The van der Waals surface area contributed by atoms with Gasteiger partial charge in [0.2, 0.25) is 0 Å². The van der Waals surface area contributed by atoms with E-state index in [1.54, 1.807) is 12.0 Å². The Kier molecular flexibility index (Phi) is 8.45. The number of hydrogen-bond acceptors (Lipinski definition) is 6. The zero-order chi connectivity index (χ0) is 23.0. The van der Waals surface area contributed by atoms with Gasteiger partial charge < -0.3 is 19.9 Å². The number of aryl methyl sites for hydroxylation is 1. The van der Waals surface area contributed by atoms with Crippen LogP contribution in [0.1, 0.15) is 43.9 Å². The second-order valence-corrected chi connectivity index (χ2v) is 8.15. The Morgan fingerprint density at radius 3 is 2.23 bits per heavy atom. The van der Waals surface area contributed by atoms with Crippen LogP contribution in [0.15, 0.2) is 42.5 Å². The van der Waals surface area contributed by atoms with E-state index in [1.165, 1.54) is 7.11 Å². The number of anilines is 1. The molecule has 31 heavy (non-hydrogen) atoms. The molecular formula is C24H32N2O5. The summed E-state index contributed by atoms with van der Waals surface area (Å²) in [5.41, 5.74) is 8.74. The molecule has 0 fully saturated rings. The van der Waals surface area contributed by atoms with Crippen LogP contribution >= 0.6 is 0 Å². The molecule has 2 aromatic carbocycles. The molecule has 0 radical (unpaired) electrons. The molecule has 0 atom stereocenters. The van der Waals surface area contributed by atoms with Gasteiger partial charge >= 0.3 is 12.1 Å². The van der Waals surface area contributed by atoms with Gasteiger partial charge in [-0.15, -0.1) is 0 Å². The predicted octanol–water partition coefficient (Wildman–Crippen LogP) is 4.20. The molecule has 2 rings (SSSR count). The van der Waals surface area contributed by atoms with Crippen LogP contribution in [0, 0.1) is 0 Å². The van der Waals surface area contributed by atoms with E-state index in [2.05, 4.69) is 0 Å². The monoisotopic (exact) mass is 428 g/mol. The Hall–Kier alpha value is -3.06. The number of nitrogens with zero attached hydrogens (tertiary/aromatic N) is 1. The van der Waals surface area contributed by atoms with E-state index < -0.39 is 11.7 Å². The molecule has 1 amide bonds. The number of hydrogen-bond donors (Lipinski definition) is 1. The minimum atomic E-state index is -0.633.